The average molecular weight is 259 g/mol. The molecule has 0 atom stereocenters. The summed E-state index contributed by atoms with van der Waals surface area (Å²) in [4.78, 5) is 4.91. The fraction of sp³-hybridized carbons (Fsp3) is 1.00. The summed E-state index contributed by atoms with van der Waals surface area (Å²) >= 11 is 2.06. The highest BCUT2D eigenvalue weighted by molar-refractivity contribution is 14.1. The molecule has 0 aromatic carbocycles. The second-order valence-electron chi connectivity index (χ2n) is 1.68. The van der Waals surface area contributed by atoms with Gasteiger partial charge >= 0.3 is 0 Å². The van der Waals surface area contributed by atoms with Crippen molar-refractivity contribution in [2.75, 3.05) is 24.9 Å². The lowest BCUT2D eigenvalue weighted by molar-refractivity contribution is -0.107. The van der Waals surface area contributed by atoms with Crippen molar-refractivity contribution in [2.24, 2.45) is 0 Å². The number of ether oxygens (including phenoxy) is 1. The number of methoxy groups -OCH3 is 1. The van der Waals surface area contributed by atoms with Gasteiger partial charge in [-0.25, -0.2) is 0 Å². The van der Waals surface area contributed by atoms with Crippen LogP contribution in [0.2, 0.25) is 0 Å². The molecule has 0 heterocycles. The Balaban J connectivity index is 2.89. The lowest BCUT2D eigenvalue weighted by Gasteiger charge is -2.22. The summed E-state index contributed by atoms with van der Waals surface area (Å²) in [6, 6.07) is 0. The molecule has 0 aromatic heterocycles. The molecule has 5 heteroatoms. The summed E-state index contributed by atoms with van der Waals surface area (Å²) < 4.78 is 5.36. The number of halogens is 1. The second-order valence-corrected chi connectivity index (χ2v) is 2.36. The third kappa shape index (κ3) is 6.69. The third-order valence-corrected chi connectivity index (χ3v) is 1.47. The number of hydroxylamine groups is 1. The van der Waals surface area contributed by atoms with Crippen LogP contribution in [-0.2, 0) is 9.57 Å². The van der Waals surface area contributed by atoms with Gasteiger partial charge in [-0.05, 0) is 6.42 Å². The Bertz CT molecular complexity index is 74.7. The van der Waals surface area contributed by atoms with Crippen molar-refractivity contribution in [1.29, 1.82) is 0 Å². The van der Waals surface area contributed by atoms with Crippen LogP contribution in [0.15, 0.2) is 0 Å². The number of nitrogens with one attached hydrogen (secondary N) is 1. The van der Waals surface area contributed by atoms with E-state index < -0.39 is 0 Å². The summed E-state index contributed by atoms with van der Waals surface area (Å²) in [5.74, 6) is 7.02. The molecule has 10 heavy (non-hydrogen) atoms. The van der Waals surface area contributed by atoms with Gasteiger partial charge in [0, 0.05) is 13.7 Å². The van der Waals surface area contributed by atoms with Gasteiger partial charge in [0.1, 0.15) is 0 Å². The highest BCUT2D eigenvalue weighted by atomic mass is 127. The lowest BCUT2D eigenvalue weighted by atomic mass is 10.5. The maximum absolute atomic E-state index is 7.02. The molecule has 0 rings (SSSR count). The van der Waals surface area contributed by atoms with Gasteiger partial charge in [-0.3, -0.25) is 5.17 Å². The first-order valence-electron chi connectivity index (χ1n) is 2.98. The van der Waals surface area contributed by atoms with Gasteiger partial charge in [0.25, 0.3) is 0 Å². The maximum Gasteiger partial charge on any atom is 0.0688 e. The smallest absolute Gasteiger partial charge is 0.0688 e. The highest BCUT2D eigenvalue weighted by Crippen LogP contribution is 1.95. The van der Waals surface area contributed by atoms with Gasteiger partial charge in [0.15, 0.2) is 0 Å². The van der Waals surface area contributed by atoms with Crippen LogP contribution in [0.5, 0.6) is 0 Å². The molecular formula is C5H12IN2O2-. The largest absolute Gasteiger partial charge is 0.583 e. The molecule has 0 saturated carbocycles. The molecule has 0 aromatic rings. The minimum absolute atomic E-state index is 0.556. The summed E-state index contributed by atoms with van der Waals surface area (Å²) in [5, 5.41) is 1.05. The molecule has 1 N–H and O–H groups in total. The molecule has 0 radical (unpaired) electrons. The Morgan fingerprint density at radius 2 is 2.20 bits per heavy atom. The zero-order valence-electron chi connectivity index (χ0n) is 5.97. The van der Waals surface area contributed by atoms with Crippen LogP contribution in [0.25, 0.3) is 5.84 Å². The zero-order valence-corrected chi connectivity index (χ0v) is 8.13. The van der Waals surface area contributed by atoms with E-state index in [0.29, 0.717) is 17.8 Å². The Morgan fingerprint density at radius 3 is 2.70 bits per heavy atom. The normalized spacial score (nSPS) is 10.8. The summed E-state index contributed by atoms with van der Waals surface area (Å²) in [7, 11) is 1.65. The minimum Gasteiger partial charge on any atom is -0.583 e. The number of rotatable bonds is 6. The number of hydrogen-bond acceptors (Lipinski definition) is 3. The van der Waals surface area contributed by atoms with E-state index in [1.54, 1.807) is 7.11 Å². The second kappa shape index (κ2) is 7.67. The Kier molecular flexibility index (Phi) is 8.11. The highest BCUT2D eigenvalue weighted by Gasteiger charge is 1.88. The van der Waals surface area contributed by atoms with E-state index in [1.807, 2.05) is 0 Å². The van der Waals surface area contributed by atoms with E-state index in [-0.39, 0.29) is 0 Å². The van der Waals surface area contributed by atoms with Crippen LogP contribution in [-0.4, -0.2) is 30.0 Å². The molecule has 0 saturated heterocycles. The first kappa shape index (κ1) is 10.6. The van der Waals surface area contributed by atoms with Crippen molar-refractivity contribution in [3.63, 3.8) is 0 Å². The van der Waals surface area contributed by atoms with E-state index in [0.717, 1.165) is 11.6 Å². The average Bonchev–Trinajstić information content (AvgIpc) is 1.98. The maximum atomic E-state index is 7.02. The number of nitrogens with zero attached hydrogens (tertiary/aromatic N) is 1. The van der Waals surface area contributed by atoms with Crippen LogP contribution in [0.4, 0.5) is 0 Å². The van der Waals surface area contributed by atoms with E-state index in [2.05, 4.69) is 22.6 Å². The van der Waals surface area contributed by atoms with Crippen molar-refractivity contribution in [1.82, 2.24) is 5.17 Å². The van der Waals surface area contributed by atoms with E-state index in [4.69, 9.17) is 15.4 Å². The van der Waals surface area contributed by atoms with Crippen LogP contribution >= 0.6 is 22.6 Å². The standard InChI is InChI=1S/C5H12IN2O2/c1-9-3-2-4-10-8(7)5-6/h7H,2-5H2,1H3/q-1. The molecule has 4 nitrogen and oxygen atoms in total. The van der Waals surface area contributed by atoms with Crippen LogP contribution in [0, 0.1) is 0 Å². The molecule has 0 spiro atoms. The number of hydrogen-bond donors (Lipinski definition) is 0. The van der Waals surface area contributed by atoms with Gasteiger partial charge in [0.05, 0.1) is 11.2 Å². The van der Waals surface area contributed by atoms with Crippen molar-refractivity contribution >= 4 is 22.6 Å². The lowest BCUT2D eigenvalue weighted by Crippen LogP contribution is -2.14. The van der Waals surface area contributed by atoms with E-state index in [9.17, 15) is 0 Å². The molecular weight excluding hydrogens is 247 g/mol. The van der Waals surface area contributed by atoms with Gasteiger partial charge in [-0.2, -0.15) is 0 Å². The van der Waals surface area contributed by atoms with Crippen LogP contribution in [0.1, 0.15) is 6.42 Å². The third-order valence-electron chi connectivity index (χ3n) is 0.848. The molecule has 62 valence electrons. The summed E-state index contributed by atoms with van der Waals surface area (Å²) in [6.45, 7) is 1.25. The first-order chi connectivity index (χ1) is 4.81. The fourth-order valence-corrected chi connectivity index (χ4v) is 0.609. The Morgan fingerprint density at radius 1 is 1.50 bits per heavy atom. The quantitative estimate of drug-likeness (QED) is 0.239. The molecule has 0 aliphatic carbocycles. The monoisotopic (exact) mass is 259 g/mol. The van der Waals surface area contributed by atoms with Gasteiger partial charge < -0.3 is 15.4 Å². The first-order valence-corrected chi connectivity index (χ1v) is 4.50. The summed E-state index contributed by atoms with van der Waals surface area (Å²) in [5.41, 5.74) is 0. The van der Waals surface area contributed by atoms with E-state index >= 15 is 0 Å². The number of alkyl halides is 1. The molecule has 0 aliphatic rings. The van der Waals surface area contributed by atoms with E-state index in [1.165, 1.54) is 0 Å². The van der Waals surface area contributed by atoms with Gasteiger partial charge in [0.2, 0.25) is 0 Å². The molecule has 0 bridgehead atoms. The molecule has 0 fully saturated rings. The molecule has 0 aliphatic heterocycles. The van der Waals surface area contributed by atoms with Crippen LogP contribution < -0.4 is 0 Å². The SMILES string of the molecule is COCCCON([NH-])CI. The van der Waals surface area contributed by atoms with Crippen molar-refractivity contribution in [2.45, 2.75) is 6.42 Å². The predicted octanol–water partition coefficient (Wildman–Crippen LogP) is 1.62. The van der Waals surface area contributed by atoms with Crippen molar-refractivity contribution in [3.8, 4) is 0 Å². The van der Waals surface area contributed by atoms with Gasteiger partial charge in [-0.1, -0.05) is 22.6 Å². The minimum atomic E-state index is 0.556. The Hall–Kier alpha value is 0.570. The predicted molar refractivity (Wildman–Crippen MR) is 47.5 cm³/mol. The van der Waals surface area contributed by atoms with Crippen LogP contribution in [0.3, 0.4) is 0 Å². The molecule has 0 amide bonds. The van der Waals surface area contributed by atoms with Gasteiger partial charge in [-0.15, -0.1) is 0 Å². The molecule has 0 unspecified atom stereocenters. The topological polar surface area (TPSA) is 45.5 Å². The van der Waals surface area contributed by atoms with Crippen molar-refractivity contribution < 1.29 is 9.57 Å². The summed E-state index contributed by atoms with van der Waals surface area (Å²) in [6.07, 6.45) is 0.836. The zero-order chi connectivity index (χ0) is 7.82. The Labute approximate surface area is 74.7 Å². The fourth-order valence-electron chi connectivity index (χ4n) is 0.413. The van der Waals surface area contributed by atoms with Crippen molar-refractivity contribution in [3.05, 3.63) is 5.84 Å².